The Hall–Kier alpha value is -2.37. The van der Waals surface area contributed by atoms with Crippen molar-refractivity contribution in [2.24, 2.45) is 16.9 Å². The van der Waals surface area contributed by atoms with Crippen LogP contribution < -0.4 is 10.2 Å². The first-order valence-electron chi connectivity index (χ1n) is 8.01. The predicted molar refractivity (Wildman–Crippen MR) is 92.9 cm³/mol. The molecule has 1 rings (SSSR count). The third-order valence-electron chi connectivity index (χ3n) is 3.54. The molecule has 0 aliphatic rings. The fourth-order valence-electron chi connectivity index (χ4n) is 2.35. The van der Waals surface area contributed by atoms with Gasteiger partial charge in [0.05, 0.1) is 26.1 Å². The van der Waals surface area contributed by atoms with Gasteiger partial charge in [0.1, 0.15) is 5.75 Å². The number of hydrazone groups is 1. The maximum absolute atomic E-state index is 12.0. The summed E-state index contributed by atoms with van der Waals surface area (Å²) in [6.45, 7) is 7.63. The normalized spacial score (nSPS) is 12.7. The van der Waals surface area contributed by atoms with Crippen LogP contribution >= 0.6 is 0 Å². The fourth-order valence-corrected chi connectivity index (χ4v) is 2.35. The zero-order chi connectivity index (χ0) is 18.1. The van der Waals surface area contributed by atoms with E-state index in [0.717, 1.165) is 11.3 Å². The van der Waals surface area contributed by atoms with Crippen LogP contribution in [-0.2, 0) is 20.7 Å². The minimum Gasteiger partial charge on any atom is -0.497 e. The number of nitrogens with zero attached hydrogens (tertiary/aromatic N) is 1. The molecule has 6 nitrogen and oxygen atoms in total. The highest BCUT2D eigenvalue weighted by molar-refractivity contribution is 6.01. The molecule has 1 N–H and O–H groups in total. The summed E-state index contributed by atoms with van der Waals surface area (Å²) in [5.41, 5.74) is 3.89. The quantitative estimate of drug-likeness (QED) is 0.450. The SMILES string of the molecule is CCOC(=O)[C@H](/C(C)=N\NC(=O)Cc1ccc(OC)cc1)C(C)C. The van der Waals surface area contributed by atoms with E-state index in [9.17, 15) is 9.59 Å². The topological polar surface area (TPSA) is 77.0 Å². The zero-order valence-corrected chi connectivity index (χ0v) is 15.0. The van der Waals surface area contributed by atoms with Gasteiger partial charge in [-0.3, -0.25) is 9.59 Å². The third-order valence-corrected chi connectivity index (χ3v) is 3.54. The Labute approximate surface area is 143 Å². The molecular formula is C18H26N2O4. The van der Waals surface area contributed by atoms with Gasteiger partial charge in [-0.05, 0) is 37.5 Å². The molecule has 0 aromatic heterocycles. The van der Waals surface area contributed by atoms with Crippen molar-refractivity contribution in [3.63, 3.8) is 0 Å². The number of ether oxygens (including phenoxy) is 2. The van der Waals surface area contributed by atoms with Crippen LogP contribution in [0.3, 0.4) is 0 Å². The molecule has 0 saturated carbocycles. The summed E-state index contributed by atoms with van der Waals surface area (Å²) in [4.78, 5) is 24.0. The lowest BCUT2D eigenvalue weighted by molar-refractivity contribution is -0.146. The van der Waals surface area contributed by atoms with Crippen molar-refractivity contribution in [2.75, 3.05) is 13.7 Å². The molecule has 0 unspecified atom stereocenters. The first-order chi connectivity index (χ1) is 11.4. The van der Waals surface area contributed by atoms with Crippen LogP contribution in [-0.4, -0.2) is 31.3 Å². The van der Waals surface area contributed by atoms with Crippen LogP contribution in [0.4, 0.5) is 0 Å². The van der Waals surface area contributed by atoms with Crippen molar-refractivity contribution in [1.82, 2.24) is 5.43 Å². The van der Waals surface area contributed by atoms with Gasteiger partial charge in [0.25, 0.3) is 0 Å². The summed E-state index contributed by atoms with van der Waals surface area (Å²) in [5, 5.41) is 4.07. The number of rotatable bonds is 8. The molecule has 0 fully saturated rings. The number of hydrogen-bond donors (Lipinski definition) is 1. The lowest BCUT2D eigenvalue weighted by Gasteiger charge is -2.18. The number of amides is 1. The van der Waals surface area contributed by atoms with Gasteiger partial charge in [0, 0.05) is 5.71 Å². The standard InChI is InChI=1S/C18H26N2O4/c1-6-24-18(22)17(12(2)3)13(4)19-20-16(21)11-14-7-9-15(23-5)10-8-14/h7-10,12,17H,6,11H2,1-5H3,(H,20,21)/b19-13-/t17-/m0/s1. The maximum atomic E-state index is 12.0. The second-order valence-electron chi connectivity index (χ2n) is 5.79. The lowest BCUT2D eigenvalue weighted by atomic mass is 9.92. The average Bonchev–Trinajstić information content (AvgIpc) is 2.53. The molecule has 0 bridgehead atoms. The Kier molecular flexibility index (Phi) is 7.95. The average molecular weight is 334 g/mol. The van der Waals surface area contributed by atoms with E-state index in [0.29, 0.717) is 12.3 Å². The van der Waals surface area contributed by atoms with Gasteiger partial charge in [-0.25, -0.2) is 5.43 Å². The van der Waals surface area contributed by atoms with Crippen LogP contribution in [0.1, 0.15) is 33.3 Å². The van der Waals surface area contributed by atoms with E-state index in [-0.39, 0.29) is 24.2 Å². The van der Waals surface area contributed by atoms with Gasteiger partial charge >= 0.3 is 5.97 Å². The molecule has 1 aromatic carbocycles. The summed E-state index contributed by atoms with van der Waals surface area (Å²) in [5.74, 6) is -0.260. The molecular weight excluding hydrogens is 308 g/mol. The van der Waals surface area contributed by atoms with E-state index >= 15 is 0 Å². The van der Waals surface area contributed by atoms with E-state index in [1.54, 1.807) is 33.1 Å². The van der Waals surface area contributed by atoms with Crippen LogP contribution in [0.5, 0.6) is 5.75 Å². The Balaban J connectivity index is 2.67. The van der Waals surface area contributed by atoms with Crippen LogP contribution in [0.25, 0.3) is 0 Å². The summed E-state index contributed by atoms with van der Waals surface area (Å²) in [6, 6.07) is 7.24. The minimum atomic E-state index is -0.466. The first kappa shape index (κ1) is 19.7. The van der Waals surface area contributed by atoms with Gasteiger partial charge in [-0.1, -0.05) is 26.0 Å². The Bertz CT molecular complexity index is 579. The lowest BCUT2D eigenvalue weighted by Crippen LogP contribution is -2.31. The Morgan fingerprint density at radius 1 is 1.21 bits per heavy atom. The summed E-state index contributed by atoms with van der Waals surface area (Å²) >= 11 is 0. The van der Waals surface area contributed by atoms with E-state index in [2.05, 4.69) is 10.5 Å². The Morgan fingerprint density at radius 3 is 2.33 bits per heavy atom. The largest absolute Gasteiger partial charge is 0.497 e. The number of nitrogens with one attached hydrogen (secondary N) is 1. The highest BCUT2D eigenvalue weighted by Crippen LogP contribution is 2.15. The molecule has 0 aliphatic heterocycles. The second kappa shape index (κ2) is 9.70. The maximum Gasteiger partial charge on any atom is 0.314 e. The van der Waals surface area contributed by atoms with Gasteiger partial charge in [0.15, 0.2) is 0 Å². The minimum absolute atomic E-state index is 0.0336. The summed E-state index contributed by atoms with van der Waals surface area (Å²) in [6.07, 6.45) is 0.201. The highest BCUT2D eigenvalue weighted by atomic mass is 16.5. The molecule has 0 heterocycles. The monoisotopic (exact) mass is 334 g/mol. The molecule has 1 aromatic rings. The van der Waals surface area contributed by atoms with Gasteiger partial charge in [0.2, 0.25) is 5.91 Å². The van der Waals surface area contributed by atoms with Crippen molar-refractivity contribution in [3.05, 3.63) is 29.8 Å². The molecule has 0 spiro atoms. The molecule has 0 radical (unpaired) electrons. The van der Waals surface area contributed by atoms with Crippen molar-refractivity contribution < 1.29 is 19.1 Å². The smallest absolute Gasteiger partial charge is 0.314 e. The number of carbonyl (C=O) groups is 2. The number of carbonyl (C=O) groups excluding carboxylic acids is 2. The molecule has 132 valence electrons. The molecule has 24 heavy (non-hydrogen) atoms. The highest BCUT2D eigenvalue weighted by Gasteiger charge is 2.26. The van der Waals surface area contributed by atoms with Crippen LogP contribution in [0, 0.1) is 11.8 Å². The fraction of sp³-hybridized carbons (Fsp3) is 0.500. The molecule has 1 amide bonds. The van der Waals surface area contributed by atoms with E-state index in [4.69, 9.17) is 9.47 Å². The van der Waals surface area contributed by atoms with Crippen molar-refractivity contribution in [2.45, 2.75) is 34.1 Å². The molecule has 0 saturated heterocycles. The van der Waals surface area contributed by atoms with Crippen LogP contribution in [0.15, 0.2) is 29.4 Å². The molecule has 6 heteroatoms. The predicted octanol–water partition coefficient (Wildman–Crippen LogP) is 2.57. The second-order valence-corrected chi connectivity index (χ2v) is 5.79. The van der Waals surface area contributed by atoms with E-state index in [1.807, 2.05) is 26.0 Å². The van der Waals surface area contributed by atoms with Gasteiger partial charge in [-0.2, -0.15) is 5.10 Å². The Morgan fingerprint density at radius 2 is 1.83 bits per heavy atom. The van der Waals surface area contributed by atoms with Crippen LogP contribution in [0.2, 0.25) is 0 Å². The van der Waals surface area contributed by atoms with Crippen molar-refractivity contribution in [3.8, 4) is 5.75 Å². The molecule has 0 aliphatic carbocycles. The summed E-state index contributed by atoms with van der Waals surface area (Å²) < 4.78 is 10.1. The number of hydrogen-bond acceptors (Lipinski definition) is 5. The van der Waals surface area contributed by atoms with Crippen molar-refractivity contribution in [1.29, 1.82) is 0 Å². The number of benzene rings is 1. The third kappa shape index (κ3) is 6.02. The van der Waals surface area contributed by atoms with E-state index in [1.165, 1.54) is 0 Å². The van der Waals surface area contributed by atoms with Gasteiger partial charge < -0.3 is 9.47 Å². The first-order valence-corrected chi connectivity index (χ1v) is 8.01. The van der Waals surface area contributed by atoms with Gasteiger partial charge in [-0.15, -0.1) is 0 Å². The summed E-state index contributed by atoms with van der Waals surface area (Å²) in [7, 11) is 1.59. The number of esters is 1. The molecule has 1 atom stereocenters. The van der Waals surface area contributed by atoms with Crippen molar-refractivity contribution >= 4 is 17.6 Å². The number of methoxy groups -OCH3 is 1. The van der Waals surface area contributed by atoms with E-state index < -0.39 is 5.92 Å². The zero-order valence-electron chi connectivity index (χ0n) is 15.0.